The van der Waals surface area contributed by atoms with Crippen molar-refractivity contribution in [2.45, 2.75) is 64.7 Å². The molecule has 0 unspecified atom stereocenters. The smallest absolute Gasteiger partial charge is 0.303 e. The summed E-state index contributed by atoms with van der Waals surface area (Å²) in [6.07, 6.45) is 9.62. The van der Waals surface area contributed by atoms with Crippen molar-refractivity contribution in [2.24, 2.45) is 0 Å². The maximum atomic E-state index is 10.2. The van der Waals surface area contributed by atoms with Crippen LogP contribution in [0.15, 0.2) is 12.2 Å². The second-order valence-electron chi connectivity index (χ2n) is 4.33. The van der Waals surface area contributed by atoms with Crippen LogP contribution in [0.4, 0.5) is 0 Å². The number of rotatable bonds is 10. The summed E-state index contributed by atoms with van der Waals surface area (Å²) in [5, 5.41) is 8.43. The van der Waals surface area contributed by atoms with Crippen LogP contribution in [0, 0.1) is 0 Å². The SMILES string of the molecule is C=C(C)CCCCCCCCCC(=O)O. The van der Waals surface area contributed by atoms with E-state index < -0.39 is 5.97 Å². The second kappa shape index (κ2) is 9.75. The summed E-state index contributed by atoms with van der Waals surface area (Å²) in [5.74, 6) is -0.670. The van der Waals surface area contributed by atoms with Crippen molar-refractivity contribution in [3.05, 3.63) is 12.2 Å². The van der Waals surface area contributed by atoms with E-state index in [9.17, 15) is 4.79 Å². The highest BCUT2D eigenvalue weighted by atomic mass is 16.4. The normalized spacial score (nSPS) is 10.2. The zero-order valence-electron chi connectivity index (χ0n) is 9.93. The van der Waals surface area contributed by atoms with Gasteiger partial charge in [0.2, 0.25) is 0 Å². The molecule has 0 bridgehead atoms. The van der Waals surface area contributed by atoms with Gasteiger partial charge in [-0.1, -0.05) is 37.7 Å². The number of hydrogen-bond acceptors (Lipinski definition) is 1. The van der Waals surface area contributed by atoms with Gasteiger partial charge in [-0.3, -0.25) is 4.79 Å². The number of carboxylic acid groups (broad SMARTS) is 1. The van der Waals surface area contributed by atoms with Crippen LogP contribution in [0.3, 0.4) is 0 Å². The minimum atomic E-state index is -0.670. The van der Waals surface area contributed by atoms with Gasteiger partial charge in [0.15, 0.2) is 0 Å². The Bertz CT molecular complexity index is 165. The van der Waals surface area contributed by atoms with E-state index in [4.69, 9.17) is 5.11 Å². The number of aliphatic carboxylic acids is 1. The fourth-order valence-corrected chi connectivity index (χ4v) is 1.59. The first kappa shape index (κ1) is 14.2. The lowest BCUT2D eigenvalue weighted by Gasteiger charge is -2.01. The number of allylic oxidation sites excluding steroid dienone is 1. The fourth-order valence-electron chi connectivity index (χ4n) is 1.59. The van der Waals surface area contributed by atoms with Gasteiger partial charge in [0, 0.05) is 6.42 Å². The van der Waals surface area contributed by atoms with Gasteiger partial charge in [-0.25, -0.2) is 0 Å². The lowest BCUT2D eigenvalue weighted by Crippen LogP contribution is -1.93. The summed E-state index contributed by atoms with van der Waals surface area (Å²) in [7, 11) is 0. The molecule has 2 heteroatoms. The fraction of sp³-hybridized carbons (Fsp3) is 0.769. The molecule has 0 spiro atoms. The number of hydrogen-bond donors (Lipinski definition) is 1. The van der Waals surface area contributed by atoms with Crippen LogP contribution in [-0.2, 0) is 4.79 Å². The van der Waals surface area contributed by atoms with Gasteiger partial charge in [-0.15, -0.1) is 6.58 Å². The lowest BCUT2D eigenvalue weighted by atomic mass is 10.1. The minimum Gasteiger partial charge on any atom is -0.481 e. The molecule has 0 saturated heterocycles. The molecule has 0 aromatic rings. The molecular formula is C13H24O2. The Labute approximate surface area is 93.4 Å². The Morgan fingerprint density at radius 3 is 1.73 bits per heavy atom. The third kappa shape index (κ3) is 13.2. The molecule has 2 nitrogen and oxygen atoms in total. The van der Waals surface area contributed by atoms with Crippen molar-refractivity contribution in [1.29, 1.82) is 0 Å². The highest BCUT2D eigenvalue weighted by Crippen LogP contribution is 2.11. The quantitative estimate of drug-likeness (QED) is 0.436. The summed E-state index contributed by atoms with van der Waals surface area (Å²) >= 11 is 0. The largest absolute Gasteiger partial charge is 0.481 e. The van der Waals surface area contributed by atoms with Gasteiger partial charge >= 0.3 is 5.97 Å². The third-order valence-corrected chi connectivity index (χ3v) is 2.49. The molecule has 0 heterocycles. The molecule has 0 atom stereocenters. The van der Waals surface area contributed by atoms with Crippen molar-refractivity contribution in [1.82, 2.24) is 0 Å². The molecule has 0 amide bonds. The Morgan fingerprint density at radius 1 is 0.933 bits per heavy atom. The highest BCUT2D eigenvalue weighted by molar-refractivity contribution is 5.66. The van der Waals surface area contributed by atoms with E-state index in [2.05, 4.69) is 13.5 Å². The van der Waals surface area contributed by atoms with Crippen molar-refractivity contribution < 1.29 is 9.90 Å². The Hall–Kier alpha value is -0.790. The average Bonchev–Trinajstić information content (AvgIpc) is 2.14. The van der Waals surface area contributed by atoms with Crippen LogP contribution < -0.4 is 0 Å². The van der Waals surface area contributed by atoms with Gasteiger partial charge in [0.25, 0.3) is 0 Å². The van der Waals surface area contributed by atoms with E-state index in [0.29, 0.717) is 6.42 Å². The van der Waals surface area contributed by atoms with E-state index in [1.165, 1.54) is 37.7 Å². The van der Waals surface area contributed by atoms with Crippen LogP contribution >= 0.6 is 0 Å². The van der Waals surface area contributed by atoms with Crippen molar-refractivity contribution in [3.8, 4) is 0 Å². The number of unbranched alkanes of at least 4 members (excludes halogenated alkanes) is 6. The summed E-state index contributed by atoms with van der Waals surface area (Å²) in [6, 6.07) is 0. The molecular weight excluding hydrogens is 188 g/mol. The van der Waals surface area contributed by atoms with E-state index in [1.54, 1.807) is 0 Å². The first-order valence-corrected chi connectivity index (χ1v) is 5.99. The molecule has 0 aromatic carbocycles. The molecule has 88 valence electrons. The molecule has 0 aliphatic heterocycles. The van der Waals surface area contributed by atoms with Crippen LogP contribution in [0.2, 0.25) is 0 Å². The second-order valence-corrected chi connectivity index (χ2v) is 4.33. The Balaban J connectivity index is 2.99. The predicted molar refractivity (Wildman–Crippen MR) is 64.0 cm³/mol. The van der Waals surface area contributed by atoms with Crippen molar-refractivity contribution in [2.75, 3.05) is 0 Å². The molecule has 1 N–H and O–H groups in total. The number of carboxylic acids is 1. The van der Waals surface area contributed by atoms with E-state index >= 15 is 0 Å². The molecule has 0 aliphatic rings. The topological polar surface area (TPSA) is 37.3 Å². The minimum absolute atomic E-state index is 0.329. The Kier molecular flexibility index (Phi) is 9.24. The van der Waals surface area contributed by atoms with Gasteiger partial charge in [0.1, 0.15) is 0 Å². The maximum Gasteiger partial charge on any atom is 0.303 e. The predicted octanol–water partition coefficient (Wildman–Crippen LogP) is 4.16. The standard InChI is InChI=1S/C13H24O2/c1-12(2)10-8-6-4-3-5-7-9-11-13(14)15/h1,3-11H2,2H3,(H,14,15). The van der Waals surface area contributed by atoms with E-state index in [1.807, 2.05) is 0 Å². The molecule has 0 aliphatic carbocycles. The first-order chi connectivity index (χ1) is 7.13. The first-order valence-electron chi connectivity index (χ1n) is 5.99. The molecule has 0 rings (SSSR count). The van der Waals surface area contributed by atoms with E-state index in [0.717, 1.165) is 19.3 Å². The van der Waals surface area contributed by atoms with Crippen LogP contribution in [0.5, 0.6) is 0 Å². The summed E-state index contributed by atoms with van der Waals surface area (Å²) in [4.78, 5) is 10.2. The molecule has 0 aromatic heterocycles. The summed E-state index contributed by atoms with van der Waals surface area (Å²) in [6.45, 7) is 5.95. The monoisotopic (exact) mass is 212 g/mol. The van der Waals surface area contributed by atoms with Crippen LogP contribution in [0.1, 0.15) is 64.7 Å². The molecule has 0 fully saturated rings. The summed E-state index contributed by atoms with van der Waals surface area (Å²) in [5.41, 5.74) is 1.27. The maximum absolute atomic E-state index is 10.2. The third-order valence-electron chi connectivity index (χ3n) is 2.49. The zero-order chi connectivity index (χ0) is 11.5. The van der Waals surface area contributed by atoms with Gasteiger partial charge in [-0.2, -0.15) is 0 Å². The highest BCUT2D eigenvalue weighted by Gasteiger charge is 1.96. The van der Waals surface area contributed by atoms with Crippen LogP contribution in [-0.4, -0.2) is 11.1 Å². The molecule has 0 radical (unpaired) electrons. The van der Waals surface area contributed by atoms with Crippen molar-refractivity contribution in [3.63, 3.8) is 0 Å². The Morgan fingerprint density at radius 2 is 1.33 bits per heavy atom. The van der Waals surface area contributed by atoms with Gasteiger partial charge < -0.3 is 5.11 Å². The van der Waals surface area contributed by atoms with Crippen LogP contribution in [0.25, 0.3) is 0 Å². The molecule has 0 saturated carbocycles. The number of carbonyl (C=O) groups is 1. The average molecular weight is 212 g/mol. The van der Waals surface area contributed by atoms with Gasteiger partial charge in [0.05, 0.1) is 0 Å². The van der Waals surface area contributed by atoms with E-state index in [-0.39, 0.29) is 0 Å². The molecule has 15 heavy (non-hydrogen) atoms. The van der Waals surface area contributed by atoms with Crippen molar-refractivity contribution >= 4 is 5.97 Å². The van der Waals surface area contributed by atoms with Gasteiger partial charge in [-0.05, 0) is 26.2 Å². The summed E-state index contributed by atoms with van der Waals surface area (Å²) < 4.78 is 0. The lowest BCUT2D eigenvalue weighted by molar-refractivity contribution is -0.137. The zero-order valence-corrected chi connectivity index (χ0v) is 9.93.